The SMILES string of the molecule is CCCn1nccc1CNCC(C)N1CCCC1. The summed E-state index contributed by atoms with van der Waals surface area (Å²) in [7, 11) is 0. The van der Waals surface area contributed by atoms with Crippen molar-refractivity contribution in [3.63, 3.8) is 0 Å². The van der Waals surface area contributed by atoms with Gasteiger partial charge in [-0.25, -0.2) is 0 Å². The first-order valence-electron chi connectivity index (χ1n) is 7.26. The summed E-state index contributed by atoms with van der Waals surface area (Å²) in [6, 6.07) is 2.76. The van der Waals surface area contributed by atoms with Crippen LogP contribution < -0.4 is 5.32 Å². The van der Waals surface area contributed by atoms with Crippen molar-refractivity contribution in [2.75, 3.05) is 19.6 Å². The molecule has 102 valence electrons. The highest BCUT2D eigenvalue weighted by Crippen LogP contribution is 2.10. The number of aryl methyl sites for hydroxylation is 1. The molecule has 0 aliphatic carbocycles. The standard InChI is InChI=1S/C14H26N4/c1-3-8-18-14(6-7-16-18)12-15-11-13(2)17-9-4-5-10-17/h6-7,13,15H,3-5,8-12H2,1-2H3. The Morgan fingerprint density at radius 1 is 1.39 bits per heavy atom. The maximum absolute atomic E-state index is 4.35. The van der Waals surface area contributed by atoms with Gasteiger partial charge in [0.2, 0.25) is 0 Å². The van der Waals surface area contributed by atoms with Gasteiger partial charge in [-0.15, -0.1) is 0 Å². The van der Waals surface area contributed by atoms with Gasteiger partial charge < -0.3 is 5.32 Å². The lowest BCUT2D eigenvalue weighted by Crippen LogP contribution is -2.38. The Balaban J connectivity index is 1.72. The van der Waals surface area contributed by atoms with Gasteiger partial charge in [0.15, 0.2) is 0 Å². The van der Waals surface area contributed by atoms with Gasteiger partial charge in [-0.1, -0.05) is 6.92 Å². The minimum absolute atomic E-state index is 0.648. The molecule has 2 rings (SSSR count). The number of nitrogens with zero attached hydrogens (tertiary/aromatic N) is 3. The van der Waals surface area contributed by atoms with Crippen LogP contribution in [-0.2, 0) is 13.1 Å². The lowest BCUT2D eigenvalue weighted by atomic mass is 10.3. The third kappa shape index (κ3) is 3.56. The van der Waals surface area contributed by atoms with Crippen LogP contribution in [0.1, 0.15) is 38.8 Å². The van der Waals surface area contributed by atoms with E-state index in [9.17, 15) is 0 Å². The summed E-state index contributed by atoms with van der Waals surface area (Å²) in [5.41, 5.74) is 1.30. The highest BCUT2D eigenvalue weighted by Gasteiger charge is 2.17. The third-order valence-corrected chi connectivity index (χ3v) is 3.75. The summed E-state index contributed by atoms with van der Waals surface area (Å²) in [5, 5.41) is 7.91. The van der Waals surface area contributed by atoms with E-state index < -0.39 is 0 Å². The van der Waals surface area contributed by atoms with Crippen LogP contribution in [0.15, 0.2) is 12.3 Å². The molecule has 1 atom stereocenters. The van der Waals surface area contributed by atoms with Crippen molar-refractivity contribution in [1.29, 1.82) is 0 Å². The summed E-state index contributed by atoms with van der Waals surface area (Å²) in [6.45, 7) is 10.1. The Morgan fingerprint density at radius 2 is 2.17 bits per heavy atom. The van der Waals surface area contributed by atoms with Gasteiger partial charge in [-0.2, -0.15) is 5.10 Å². The van der Waals surface area contributed by atoms with Gasteiger partial charge in [-0.05, 0) is 45.3 Å². The van der Waals surface area contributed by atoms with Gasteiger partial charge in [-0.3, -0.25) is 9.58 Å². The van der Waals surface area contributed by atoms with Gasteiger partial charge in [0, 0.05) is 31.9 Å². The van der Waals surface area contributed by atoms with Gasteiger partial charge >= 0.3 is 0 Å². The molecule has 0 amide bonds. The molecule has 1 N–H and O–H groups in total. The van der Waals surface area contributed by atoms with E-state index in [1.807, 2.05) is 6.20 Å². The molecule has 1 saturated heterocycles. The Morgan fingerprint density at radius 3 is 2.89 bits per heavy atom. The molecule has 1 aromatic heterocycles. The molecular weight excluding hydrogens is 224 g/mol. The molecule has 0 radical (unpaired) electrons. The zero-order chi connectivity index (χ0) is 12.8. The second-order valence-electron chi connectivity index (χ2n) is 5.27. The molecule has 2 heterocycles. The predicted octanol–water partition coefficient (Wildman–Crippen LogP) is 1.87. The number of rotatable bonds is 7. The number of nitrogens with one attached hydrogen (secondary N) is 1. The van der Waals surface area contributed by atoms with Gasteiger partial charge in [0.25, 0.3) is 0 Å². The van der Waals surface area contributed by atoms with Crippen molar-refractivity contribution < 1.29 is 0 Å². The van der Waals surface area contributed by atoms with E-state index in [4.69, 9.17) is 0 Å². The summed E-state index contributed by atoms with van der Waals surface area (Å²) >= 11 is 0. The van der Waals surface area contributed by atoms with E-state index in [0.717, 1.165) is 26.1 Å². The second-order valence-corrected chi connectivity index (χ2v) is 5.27. The number of hydrogen-bond donors (Lipinski definition) is 1. The van der Waals surface area contributed by atoms with Crippen LogP contribution in [0, 0.1) is 0 Å². The maximum Gasteiger partial charge on any atom is 0.0522 e. The fourth-order valence-corrected chi connectivity index (χ4v) is 2.64. The molecule has 0 saturated carbocycles. The summed E-state index contributed by atoms with van der Waals surface area (Å²) in [6.07, 6.45) is 5.77. The molecule has 0 spiro atoms. The van der Waals surface area contributed by atoms with E-state index in [2.05, 4.69) is 39.9 Å². The Labute approximate surface area is 110 Å². The predicted molar refractivity (Wildman–Crippen MR) is 74.5 cm³/mol. The Bertz CT molecular complexity index is 341. The average Bonchev–Trinajstić information content (AvgIpc) is 3.01. The van der Waals surface area contributed by atoms with Crippen LogP contribution in [0.2, 0.25) is 0 Å². The zero-order valence-electron chi connectivity index (χ0n) is 11.7. The first-order valence-corrected chi connectivity index (χ1v) is 7.26. The lowest BCUT2D eigenvalue weighted by molar-refractivity contribution is 0.251. The van der Waals surface area contributed by atoms with E-state index in [1.165, 1.54) is 31.6 Å². The van der Waals surface area contributed by atoms with Crippen molar-refractivity contribution in [3.05, 3.63) is 18.0 Å². The Hall–Kier alpha value is -0.870. The summed E-state index contributed by atoms with van der Waals surface area (Å²) < 4.78 is 2.10. The van der Waals surface area contributed by atoms with Crippen LogP contribution in [0.5, 0.6) is 0 Å². The molecule has 1 unspecified atom stereocenters. The number of hydrogen-bond acceptors (Lipinski definition) is 3. The molecule has 1 aromatic rings. The van der Waals surface area contributed by atoms with E-state index in [-0.39, 0.29) is 0 Å². The molecule has 4 nitrogen and oxygen atoms in total. The van der Waals surface area contributed by atoms with E-state index in [1.54, 1.807) is 0 Å². The van der Waals surface area contributed by atoms with Crippen molar-refractivity contribution in [1.82, 2.24) is 20.0 Å². The van der Waals surface area contributed by atoms with Crippen LogP contribution in [0.3, 0.4) is 0 Å². The lowest BCUT2D eigenvalue weighted by Gasteiger charge is -2.24. The van der Waals surface area contributed by atoms with Crippen molar-refractivity contribution >= 4 is 0 Å². The van der Waals surface area contributed by atoms with Crippen LogP contribution in [0.4, 0.5) is 0 Å². The first kappa shape index (κ1) is 13.6. The summed E-state index contributed by atoms with van der Waals surface area (Å²) in [4.78, 5) is 2.58. The first-order chi connectivity index (χ1) is 8.81. The molecule has 1 aliphatic heterocycles. The third-order valence-electron chi connectivity index (χ3n) is 3.75. The van der Waals surface area contributed by atoms with E-state index in [0.29, 0.717) is 6.04 Å². The normalized spacial score (nSPS) is 18.3. The molecule has 4 heteroatoms. The zero-order valence-corrected chi connectivity index (χ0v) is 11.7. The van der Waals surface area contributed by atoms with Crippen molar-refractivity contribution in [3.8, 4) is 0 Å². The largest absolute Gasteiger partial charge is 0.310 e. The maximum atomic E-state index is 4.35. The topological polar surface area (TPSA) is 33.1 Å². The minimum atomic E-state index is 0.648. The smallest absolute Gasteiger partial charge is 0.0522 e. The molecule has 0 aromatic carbocycles. The molecular formula is C14H26N4. The molecule has 18 heavy (non-hydrogen) atoms. The highest BCUT2D eigenvalue weighted by molar-refractivity contribution is 5.00. The van der Waals surface area contributed by atoms with Crippen LogP contribution in [0.25, 0.3) is 0 Å². The number of aromatic nitrogens is 2. The molecule has 0 bridgehead atoms. The quantitative estimate of drug-likeness (QED) is 0.802. The fraction of sp³-hybridized carbons (Fsp3) is 0.786. The number of likely N-dealkylation sites (tertiary alicyclic amines) is 1. The Kier molecular flexibility index (Phi) is 5.20. The van der Waals surface area contributed by atoms with Crippen LogP contribution in [-0.4, -0.2) is 40.4 Å². The van der Waals surface area contributed by atoms with Crippen molar-refractivity contribution in [2.45, 2.75) is 52.2 Å². The van der Waals surface area contributed by atoms with Crippen LogP contribution >= 0.6 is 0 Å². The fourth-order valence-electron chi connectivity index (χ4n) is 2.64. The van der Waals surface area contributed by atoms with Gasteiger partial charge in [0.1, 0.15) is 0 Å². The molecule has 1 fully saturated rings. The average molecular weight is 250 g/mol. The second kappa shape index (κ2) is 6.90. The van der Waals surface area contributed by atoms with E-state index >= 15 is 0 Å². The molecule has 1 aliphatic rings. The minimum Gasteiger partial charge on any atom is -0.310 e. The highest BCUT2D eigenvalue weighted by atomic mass is 15.3. The van der Waals surface area contributed by atoms with Crippen molar-refractivity contribution in [2.24, 2.45) is 0 Å². The van der Waals surface area contributed by atoms with Gasteiger partial charge in [0.05, 0.1) is 5.69 Å². The summed E-state index contributed by atoms with van der Waals surface area (Å²) in [5.74, 6) is 0. The monoisotopic (exact) mass is 250 g/mol.